The molecule has 1 aliphatic heterocycles. The molecule has 0 bridgehead atoms. The Morgan fingerprint density at radius 1 is 1.09 bits per heavy atom. The lowest BCUT2D eigenvalue weighted by molar-refractivity contribution is -0.150. The van der Waals surface area contributed by atoms with Crippen LogP contribution in [0.25, 0.3) is 11.1 Å². The SMILES string of the molecule is C=CCN1CCN(C(=O)Cc2cccc(F)c2)[C@H](Cc2ccccc2-c2ccncc2)C1=O. The third-order valence-electron chi connectivity index (χ3n) is 5.92. The highest BCUT2D eigenvalue weighted by Crippen LogP contribution is 2.27. The quantitative estimate of drug-likeness (QED) is 0.521. The molecule has 0 unspecified atom stereocenters. The van der Waals surface area contributed by atoms with Crippen LogP contribution in [0.2, 0.25) is 0 Å². The molecule has 5 nitrogen and oxygen atoms in total. The second-order valence-corrected chi connectivity index (χ2v) is 8.08. The van der Waals surface area contributed by atoms with Crippen molar-refractivity contribution in [1.29, 1.82) is 0 Å². The van der Waals surface area contributed by atoms with Gasteiger partial charge < -0.3 is 9.80 Å². The van der Waals surface area contributed by atoms with E-state index in [0.717, 1.165) is 16.7 Å². The largest absolute Gasteiger partial charge is 0.335 e. The lowest BCUT2D eigenvalue weighted by Gasteiger charge is -2.40. The van der Waals surface area contributed by atoms with Crippen molar-refractivity contribution >= 4 is 11.8 Å². The third-order valence-corrected chi connectivity index (χ3v) is 5.92. The first-order valence-electron chi connectivity index (χ1n) is 11.0. The summed E-state index contributed by atoms with van der Waals surface area (Å²) in [6.45, 7) is 5.07. The number of hydrogen-bond acceptors (Lipinski definition) is 3. The molecule has 0 radical (unpaired) electrons. The Balaban J connectivity index is 1.64. The molecule has 2 heterocycles. The molecular formula is C27H26FN3O2. The van der Waals surface area contributed by atoms with Gasteiger partial charge in [-0.25, -0.2) is 4.39 Å². The Hall–Kier alpha value is -3.80. The van der Waals surface area contributed by atoms with E-state index in [4.69, 9.17) is 0 Å². The molecule has 1 saturated heterocycles. The van der Waals surface area contributed by atoms with E-state index < -0.39 is 6.04 Å². The van der Waals surface area contributed by atoms with Crippen LogP contribution in [0.3, 0.4) is 0 Å². The summed E-state index contributed by atoms with van der Waals surface area (Å²) in [5.41, 5.74) is 3.58. The minimum atomic E-state index is -0.636. The summed E-state index contributed by atoms with van der Waals surface area (Å²) in [6.07, 6.45) is 5.61. The van der Waals surface area contributed by atoms with Crippen molar-refractivity contribution in [3.05, 3.63) is 103 Å². The first-order chi connectivity index (χ1) is 16.1. The molecule has 6 heteroatoms. The Bertz CT molecular complexity index is 1150. The van der Waals surface area contributed by atoms with Gasteiger partial charge in [0.1, 0.15) is 11.9 Å². The van der Waals surface area contributed by atoms with Crippen molar-refractivity contribution in [3.8, 4) is 11.1 Å². The predicted octanol–water partition coefficient (Wildman–Crippen LogP) is 3.90. The highest BCUT2D eigenvalue weighted by molar-refractivity contribution is 5.90. The van der Waals surface area contributed by atoms with Crippen LogP contribution in [-0.4, -0.2) is 52.3 Å². The number of piperazine rings is 1. The van der Waals surface area contributed by atoms with Crippen molar-refractivity contribution in [3.63, 3.8) is 0 Å². The first kappa shape index (κ1) is 22.4. The number of aromatic nitrogens is 1. The summed E-state index contributed by atoms with van der Waals surface area (Å²) in [5.74, 6) is -0.660. The average molecular weight is 444 g/mol. The van der Waals surface area contributed by atoms with Crippen LogP contribution in [0.1, 0.15) is 11.1 Å². The molecule has 0 aliphatic carbocycles. The summed E-state index contributed by atoms with van der Waals surface area (Å²) < 4.78 is 13.6. The number of halogens is 1. The fourth-order valence-electron chi connectivity index (χ4n) is 4.31. The Kier molecular flexibility index (Phi) is 6.93. The number of carbonyl (C=O) groups is 2. The molecule has 0 spiro atoms. The van der Waals surface area contributed by atoms with E-state index in [2.05, 4.69) is 11.6 Å². The maximum Gasteiger partial charge on any atom is 0.246 e. The van der Waals surface area contributed by atoms with E-state index in [1.807, 2.05) is 36.4 Å². The number of hydrogen-bond donors (Lipinski definition) is 0. The van der Waals surface area contributed by atoms with Gasteiger partial charge in [0.15, 0.2) is 0 Å². The Morgan fingerprint density at radius 3 is 2.64 bits per heavy atom. The molecule has 1 fully saturated rings. The number of amides is 2. The highest BCUT2D eigenvalue weighted by Gasteiger charge is 2.37. The molecule has 1 aliphatic rings. The second kappa shape index (κ2) is 10.2. The average Bonchev–Trinajstić information content (AvgIpc) is 2.82. The Labute approximate surface area is 193 Å². The highest BCUT2D eigenvalue weighted by atomic mass is 19.1. The van der Waals surface area contributed by atoms with E-state index in [9.17, 15) is 14.0 Å². The molecule has 1 atom stereocenters. The molecule has 168 valence electrons. The van der Waals surface area contributed by atoms with Gasteiger partial charge in [0.2, 0.25) is 11.8 Å². The van der Waals surface area contributed by atoms with Crippen LogP contribution >= 0.6 is 0 Å². The minimum absolute atomic E-state index is 0.0506. The Morgan fingerprint density at radius 2 is 1.88 bits per heavy atom. The van der Waals surface area contributed by atoms with Crippen LogP contribution in [0.5, 0.6) is 0 Å². The molecule has 33 heavy (non-hydrogen) atoms. The van der Waals surface area contributed by atoms with Crippen LogP contribution < -0.4 is 0 Å². The zero-order chi connectivity index (χ0) is 23.2. The van der Waals surface area contributed by atoms with E-state index >= 15 is 0 Å². The molecule has 1 aromatic heterocycles. The smallest absolute Gasteiger partial charge is 0.246 e. The van der Waals surface area contributed by atoms with Gasteiger partial charge in [-0.05, 0) is 46.5 Å². The zero-order valence-electron chi connectivity index (χ0n) is 18.4. The third kappa shape index (κ3) is 5.17. The predicted molar refractivity (Wildman–Crippen MR) is 126 cm³/mol. The topological polar surface area (TPSA) is 53.5 Å². The number of pyridine rings is 1. The van der Waals surface area contributed by atoms with Crippen LogP contribution in [-0.2, 0) is 22.4 Å². The van der Waals surface area contributed by atoms with Crippen LogP contribution in [0.15, 0.2) is 85.7 Å². The van der Waals surface area contributed by atoms with Gasteiger partial charge in [0, 0.05) is 38.4 Å². The van der Waals surface area contributed by atoms with Gasteiger partial charge >= 0.3 is 0 Å². The maximum absolute atomic E-state index is 13.6. The molecule has 3 aromatic rings. The molecule has 0 N–H and O–H groups in total. The summed E-state index contributed by atoms with van der Waals surface area (Å²) in [6, 6.07) is 17.2. The van der Waals surface area contributed by atoms with Crippen molar-refractivity contribution in [2.24, 2.45) is 0 Å². The summed E-state index contributed by atoms with van der Waals surface area (Å²) in [7, 11) is 0. The van der Waals surface area contributed by atoms with Gasteiger partial charge in [0.05, 0.1) is 6.42 Å². The molecular weight excluding hydrogens is 417 g/mol. The fraction of sp³-hybridized carbons (Fsp3) is 0.222. The van der Waals surface area contributed by atoms with Gasteiger partial charge in [0.25, 0.3) is 0 Å². The zero-order valence-corrected chi connectivity index (χ0v) is 18.4. The number of carbonyl (C=O) groups excluding carboxylic acids is 2. The molecule has 4 rings (SSSR count). The lowest BCUT2D eigenvalue weighted by Crippen LogP contribution is -2.59. The van der Waals surface area contributed by atoms with Crippen molar-refractivity contribution < 1.29 is 14.0 Å². The van der Waals surface area contributed by atoms with Gasteiger partial charge in [-0.2, -0.15) is 0 Å². The van der Waals surface area contributed by atoms with Crippen LogP contribution in [0.4, 0.5) is 4.39 Å². The number of benzene rings is 2. The van der Waals surface area contributed by atoms with E-state index in [1.54, 1.807) is 40.4 Å². The van der Waals surface area contributed by atoms with Crippen molar-refractivity contribution in [1.82, 2.24) is 14.8 Å². The molecule has 0 saturated carbocycles. The summed E-state index contributed by atoms with van der Waals surface area (Å²) >= 11 is 0. The standard InChI is InChI=1S/C27H26FN3O2/c1-2-14-30-15-16-31(26(32)18-20-6-5-8-23(28)17-20)25(27(30)33)19-22-7-3-4-9-24(22)21-10-12-29-13-11-21/h2-13,17,25H,1,14-16,18-19H2/t25-/m1/s1. The molecule has 2 aromatic carbocycles. The lowest BCUT2D eigenvalue weighted by atomic mass is 9.93. The van der Waals surface area contributed by atoms with Gasteiger partial charge in [-0.3, -0.25) is 14.6 Å². The van der Waals surface area contributed by atoms with Crippen molar-refractivity contribution in [2.45, 2.75) is 18.9 Å². The summed E-state index contributed by atoms with van der Waals surface area (Å²) in [4.78, 5) is 34.1. The maximum atomic E-state index is 13.6. The van der Waals surface area contributed by atoms with Gasteiger partial charge in [-0.15, -0.1) is 6.58 Å². The van der Waals surface area contributed by atoms with E-state index in [-0.39, 0.29) is 24.1 Å². The minimum Gasteiger partial charge on any atom is -0.335 e. The number of nitrogens with zero attached hydrogens (tertiary/aromatic N) is 3. The first-order valence-corrected chi connectivity index (χ1v) is 11.0. The normalized spacial score (nSPS) is 16.0. The van der Waals surface area contributed by atoms with Gasteiger partial charge in [-0.1, -0.05) is 42.5 Å². The van der Waals surface area contributed by atoms with Crippen LogP contribution in [0, 0.1) is 5.82 Å². The van der Waals surface area contributed by atoms with Crippen molar-refractivity contribution in [2.75, 3.05) is 19.6 Å². The summed E-state index contributed by atoms with van der Waals surface area (Å²) in [5, 5.41) is 0. The fourth-order valence-corrected chi connectivity index (χ4v) is 4.31. The van der Waals surface area contributed by atoms with E-state index in [1.165, 1.54) is 12.1 Å². The number of rotatable bonds is 7. The second-order valence-electron chi connectivity index (χ2n) is 8.08. The monoisotopic (exact) mass is 443 g/mol. The van der Waals surface area contributed by atoms with E-state index in [0.29, 0.717) is 31.6 Å². The molecule has 2 amide bonds.